The van der Waals surface area contributed by atoms with E-state index in [-0.39, 0.29) is 0 Å². The van der Waals surface area contributed by atoms with E-state index < -0.39 is 0 Å². The molecule has 0 unspecified atom stereocenters. The topological polar surface area (TPSA) is 42.1 Å². The zero-order valence-corrected chi connectivity index (χ0v) is 10.3. The predicted octanol–water partition coefficient (Wildman–Crippen LogP) is 1.92. The summed E-state index contributed by atoms with van der Waals surface area (Å²) in [6.45, 7) is 3.28. The van der Waals surface area contributed by atoms with Gasteiger partial charge in [-0.1, -0.05) is 21.6 Å². The number of nitrogens with two attached hydrogens (primary N) is 1. The van der Waals surface area contributed by atoms with Crippen LogP contribution in [0.1, 0.15) is 5.69 Å². The number of aromatic nitrogens is 1. The second-order valence-electron chi connectivity index (χ2n) is 3.10. The normalized spacial score (nSPS) is 19.4. The molecule has 2 heterocycles. The fourth-order valence-corrected chi connectivity index (χ4v) is 3.95. The van der Waals surface area contributed by atoms with Gasteiger partial charge in [-0.2, -0.15) is 0 Å². The molecule has 2 N–H and O–H groups in total. The summed E-state index contributed by atoms with van der Waals surface area (Å²) in [4.78, 5) is 6.72. The molecule has 0 amide bonds. The van der Waals surface area contributed by atoms with Crippen LogP contribution in [-0.4, -0.2) is 34.5 Å². The highest BCUT2D eigenvalue weighted by atomic mass is 33.1. The Kier molecular flexibility index (Phi) is 3.98. The van der Waals surface area contributed by atoms with Crippen LogP contribution >= 0.6 is 32.9 Å². The van der Waals surface area contributed by atoms with Gasteiger partial charge in [0.1, 0.15) is 0 Å². The largest absolute Gasteiger partial charge is 0.375 e. The van der Waals surface area contributed by atoms with Crippen molar-refractivity contribution in [2.24, 2.45) is 0 Å². The van der Waals surface area contributed by atoms with Crippen molar-refractivity contribution in [1.82, 2.24) is 9.88 Å². The molecule has 0 atom stereocenters. The van der Waals surface area contributed by atoms with Crippen LogP contribution in [-0.2, 0) is 6.54 Å². The van der Waals surface area contributed by atoms with Gasteiger partial charge in [-0.15, -0.1) is 11.3 Å². The maximum absolute atomic E-state index is 5.60. The van der Waals surface area contributed by atoms with Gasteiger partial charge in [-0.25, -0.2) is 4.98 Å². The molecule has 0 aromatic carbocycles. The van der Waals surface area contributed by atoms with Crippen LogP contribution in [0.15, 0.2) is 5.38 Å². The Morgan fingerprint density at radius 1 is 1.36 bits per heavy atom. The van der Waals surface area contributed by atoms with Crippen molar-refractivity contribution in [2.75, 3.05) is 30.3 Å². The van der Waals surface area contributed by atoms with Crippen molar-refractivity contribution in [1.29, 1.82) is 0 Å². The maximum atomic E-state index is 5.60. The van der Waals surface area contributed by atoms with Crippen LogP contribution in [0.25, 0.3) is 0 Å². The molecule has 3 nitrogen and oxygen atoms in total. The summed E-state index contributed by atoms with van der Waals surface area (Å²) in [5, 5.41) is 2.74. The first kappa shape index (κ1) is 10.6. The minimum absolute atomic E-state index is 0.679. The first-order valence-corrected chi connectivity index (χ1v) is 7.88. The first-order valence-electron chi connectivity index (χ1n) is 4.51. The molecule has 1 aromatic rings. The second kappa shape index (κ2) is 5.25. The SMILES string of the molecule is Nc1nc(CN2CCSSCC2)cs1. The van der Waals surface area contributed by atoms with E-state index in [2.05, 4.69) is 15.3 Å². The van der Waals surface area contributed by atoms with E-state index in [1.54, 1.807) is 0 Å². The third-order valence-electron chi connectivity index (χ3n) is 2.02. The Labute approximate surface area is 95.9 Å². The Bertz CT molecular complexity index is 281. The molecular weight excluding hydrogens is 234 g/mol. The van der Waals surface area contributed by atoms with Crippen molar-refractivity contribution >= 4 is 38.1 Å². The summed E-state index contributed by atoms with van der Waals surface area (Å²) in [5.74, 6) is 2.43. The lowest BCUT2D eigenvalue weighted by Gasteiger charge is -2.17. The summed E-state index contributed by atoms with van der Waals surface area (Å²) in [7, 11) is 3.94. The summed E-state index contributed by atoms with van der Waals surface area (Å²) < 4.78 is 0. The number of hydrogen-bond donors (Lipinski definition) is 1. The number of thiazole rings is 1. The lowest BCUT2D eigenvalue weighted by molar-refractivity contribution is 0.299. The number of nitrogen functional groups attached to an aromatic ring is 1. The van der Waals surface area contributed by atoms with Gasteiger partial charge in [-0.05, 0) is 0 Å². The van der Waals surface area contributed by atoms with Crippen LogP contribution in [0.5, 0.6) is 0 Å². The van der Waals surface area contributed by atoms with Crippen LogP contribution < -0.4 is 5.73 Å². The van der Waals surface area contributed by atoms with Gasteiger partial charge in [0.25, 0.3) is 0 Å². The summed E-state index contributed by atoms with van der Waals surface area (Å²) in [6.07, 6.45) is 0. The third kappa shape index (κ3) is 3.05. The molecule has 0 spiro atoms. The van der Waals surface area contributed by atoms with Crippen LogP contribution in [0.4, 0.5) is 5.13 Å². The Balaban J connectivity index is 1.89. The van der Waals surface area contributed by atoms with Gasteiger partial charge in [-0.3, -0.25) is 4.90 Å². The zero-order valence-electron chi connectivity index (χ0n) is 7.81. The van der Waals surface area contributed by atoms with Gasteiger partial charge in [0.15, 0.2) is 5.13 Å². The second-order valence-corrected chi connectivity index (χ2v) is 6.69. The number of anilines is 1. The monoisotopic (exact) mass is 247 g/mol. The van der Waals surface area contributed by atoms with Gasteiger partial charge in [0.2, 0.25) is 0 Å². The lowest BCUT2D eigenvalue weighted by Crippen LogP contribution is -2.26. The maximum Gasteiger partial charge on any atom is 0.180 e. The first-order chi connectivity index (χ1) is 6.84. The van der Waals surface area contributed by atoms with Gasteiger partial charge >= 0.3 is 0 Å². The Morgan fingerprint density at radius 3 is 2.64 bits per heavy atom. The van der Waals surface area contributed by atoms with Crippen molar-refractivity contribution in [2.45, 2.75) is 6.54 Å². The van der Waals surface area contributed by atoms with Crippen LogP contribution in [0, 0.1) is 0 Å². The number of nitrogens with zero attached hydrogens (tertiary/aromatic N) is 2. The molecule has 1 aromatic heterocycles. The van der Waals surface area contributed by atoms with E-state index >= 15 is 0 Å². The fourth-order valence-electron chi connectivity index (χ4n) is 1.34. The van der Waals surface area contributed by atoms with E-state index in [0.29, 0.717) is 5.13 Å². The predicted molar refractivity (Wildman–Crippen MR) is 66.7 cm³/mol. The summed E-state index contributed by atoms with van der Waals surface area (Å²) >= 11 is 1.53. The highest BCUT2D eigenvalue weighted by molar-refractivity contribution is 8.76. The smallest absolute Gasteiger partial charge is 0.180 e. The van der Waals surface area contributed by atoms with Gasteiger partial charge in [0, 0.05) is 36.5 Å². The van der Waals surface area contributed by atoms with Crippen molar-refractivity contribution in [3.8, 4) is 0 Å². The van der Waals surface area contributed by atoms with Crippen LogP contribution in [0.2, 0.25) is 0 Å². The molecule has 6 heteroatoms. The summed E-state index contributed by atoms with van der Waals surface area (Å²) in [5.41, 5.74) is 6.71. The van der Waals surface area contributed by atoms with E-state index in [0.717, 1.165) is 25.3 Å². The molecule has 1 fully saturated rings. The van der Waals surface area contributed by atoms with E-state index in [4.69, 9.17) is 5.73 Å². The van der Waals surface area contributed by atoms with Gasteiger partial charge in [0.05, 0.1) is 5.69 Å². The highest BCUT2D eigenvalue weighted by Gasteiger charge is 2.11. The minimum Gasteiger partial charge on any atom is -0.375 e. The quantitative estimate of drug-likeness (QED) is 0.809. The number of rotatable bonds is 2. The molecule has 1 aliphatic rings. The lowest BCUT2D eigenvalue weighted by atomic mass is 10.4. The average Bonchev–Trinajstić information content (AvgIpc) is 2.43. The van der Waals surface area contributed by atoms with Gasteiger partial charge < -0.3 is 5.73 Å². The molecular formula is C8H13N3S3. The average molecular weight is 247 g/mol. The van der Waals surface area contributed by atoms with E-state index in [1.165, 1.54) is 22.8 Å². The molecule has 0 radical (unpaired) electrons. The zero-order chi connectivity index (χ0) is 9.80. The van der Waals surface area contributed by atoms with Crippen molar-refractivity contribution in [3.63, 3.8) is 0 Å². The summed E-state index contributed by atoms with van der Waals surface area (Å²) in [6, 6.07) is 0. The Hall–Kier alpha value is 0.0900. The molecule has 0 bridgehead atoms. The molecule has 0 aliphatic carbocycles. The van der Waals surface area contributed by atoms with E-state index in [1.807, 2.05) is 21.6 Å². The standard InChI is InChI=1S/C8H13N3S3/c9-8-10-7(6-12-8)5-11-1-3-13-14-4-2-11/h6H,1-5H2,(H2,9,10). The third-order valence-corrected chi connectivity index (χ3v) is 5.11. The number of hydrogen-bond acceptors (Lipinski definition) is 6. The molecule has 14 heavy (non-hydrogen) atoms. The fraction of sp³-hybridized carbons (Fsp3) is 0.625. The van der Waals surface area contributed by atoms with Crippen molar-refractivity contribution < 1.29 is 0 Å². The molecule has 1 aliphatic heterocycles. The molecule has 0 saturated carbocycles. The molecule has 2 rings (SSSR count). The Morgan fingerprint density at radius 2 is 2.07 bits per heavy atom. The highest BCUT2D eigenvalue weighted by Crippen LogP contribution is 2.24. The van der Waals surface area contributed by atoms with Crippen molar-refractivity contribution in [3.05, 3.63) is 11.1 Å². The molecule has 1 saturated heterocycles. The minimum atomic E-state index is 0.679. The van der Waals surface area contributed by atoms with E-state index in [9.17, 15) is 0 Å². The molecule has 78 valence electrons. The van der Waals surface area contributed by atoms with Crippen LogP contribution in [0.3, 0.4) is 0 Å².